The molecular weight excluding hydrogens is 282 g/mol. The van der Waals surface area contributed by atoms with Crippen molar-refractivity contribution >= 4 is 11.3 Å². The van der Waals surface area contributed by atoms with E-state index < -0.39 is 0 Å². The minimum absolute atomic E-state index is 0.271. The molecule has 2 N–H and O–H groups in total. The first kappa shape index (κ1) is 14.8. The van der Waals surface area contributed by atoms with Crippen LogP contribution >= 0.6 is 11.3 Å². The summed E-state index contributed by atoms with van der Waals surface area (Å²) < 4.78 is 5.82. The van der Waals surface area contributed by atoms with Crippen LogP contribution in [0.15, 0.2) is 21.9 Å². The summed E-state index contributed by atoms with van der Waals surface area (Å²) in [5.41, 5.74) is 7.12. The summed E-state index contributed by atoms with van der Waals surface area (Å²) in [7, 11) is 0. The molecule has 114 valence electrons. The van der Waals surface area contributed by atoms with Gasteiger partial charge in [-0.25, -0.2) is 4.98 Å². The number of aromatic nitrogens is 1. The fourth-order valence-electron chi connectivity index (χ4n) is 2.96. The highest BCUT2D eigenvalue weighted by Crippen LogP contribution is 2.27. The topological polar surface area (TPSA) is 55.3 Å². The van der Waals surface area contributed by atoms with Gasteiger partial charge in [0, 0.05) is 19.1 Å². The molecule has 2 aromatic rings. The number of thiophene rings is 1. The molecule has 5 heteroatoms. The van der Waals surface area contributed by atoms with E-state index in [9.17, 15) is 0 Å². The van der Waals surface area contributed by atoms with Crippen molar-refractivity contribution in [2.45, 2.75) is 39.3 Å². The van der Waals surface area contributed by atoms with Crippen LogP contribution in [0.3, 0.4) is 0 Å². The van der Waals surface area contributed by atoms with Gasteiger partial charge in [-0.3, -0.25) is 4.90 Å². The highest BCUT2D eigenvalue weighted by atomic mass is 32.1. The number of piperidine rings is 1. The number of aryl methyl sites for hydroxylation is 1. The maximum atomic E-state index is 6.06. The Kier molecular flexibility index (Phi) is 4.42. The molecular formula is C16H23N3OS. The molecule has 4 nitrogen and oxygen atoms in total. The summed E-state index contributed by atoms with van der Waals surface area (Å²) in [5, 5.41) is 2.05. The smallest absolute Gasteiger partial charge is 0.236 e. The second-order valence-corrected chi connectivity index (χ2v) is 6.94. The van der Waals surface area contributed by atoms with Crippen molar-refractivity contribution < 1.29 is 4.42 Å². The maximum Gasteiger partial charge on any atom is 0.236 e. The van der Waals surface area contributed by atoms with E-state index in [1.807, 2.05) is 24.4 Å². The fourth-order valence-corrected chi connectivity index (χ4v) is 3.61. The molecule has 0 aliphatic carbocycles. The summed E-state index contributed by atoms with van der Waals surface area (Å²) >= 11 is 1.66. The van der Waals surface area contributed by atoms with Crippen molar-refractivity contribution in [3.8, 4) is 10.8 Å². The van der Waals surface area contributed by atoms with E-state index in [0.29, 0.717) is 5.92 Å². The van der Waals surface area contributed by atoms with E-state index in [-0.39, 0.29) is 6.04 Å². The molecule has 0 spiro atoms. The molecule has 3 heterocycles. The Morgan fingerprint density at radius 2 is 2.43 bits per heavy atom. The lowest BCUT2D eigenvalue weighted by atomic mass is 9.92. The van der Waals surface area contributed by atoms with Gasteiger partial charge in [-0.15, -0.1) is 11.3 Å². The third-order valence-corrected chi connectivity index (χ3v) is 5.14. The largest absolute Gasteiger partial charge is 0.440 e. The Bertz CT molecular complexity index is 576. The zero-order valence-electron chi connectivity index (χ0n) is 12.7. The molecule has 0 aromatic carbocycles. The number of hydrogen-bond donors (Lipinski definition) is 1. The van der Waals surface area contributed by atoms with E-state index in [4.69, 9.17) is 10.2 Å². The number of hydrogen-bond acceptors (Lipinski definition) is 5. The van der Waals surface area contributed by atoms with Gasteiger partial charge in [0.05, 0.1) is 10.6 Å². The quantitative estimate of drug-likeness (QED) is 0.942. The molecule has 2 unspecified atom stereocenters. The maximum absolute atomic E-state index is 6.06. The van der Waals surface area contributed by atoms with Gasteiger partial charge >= 0.3 is 0 Å². The predicted octanol–water partition coefficient (Wildman–Crippen LogP) is 3.27. The standard InChI is InChI=1S/C16H23N3OS/c1-11(17)13-5-3-7-19(9-13)10-14-12(2)20-16(18-14)15-6-4-8-21-15/h4,6,8,11,13H,3,5,7,9-10,17H2,1-2H3. The molecule has 2 atom stereocenters. The average Bonchev–Trinajstić information content (AvgIpc) is 3.10. The van der Waals surface area contributed by atoms with Gasteiger partial charge in [-0.1, -0.05) is 6.07 Å². The van der Waals surface area contributed by atoms with Crippen LogP contribution in [0.5, 0.6) is 0 Å². The zero-order chi connectivity index (χ0) is 14.8. The van der Waals surface area contributed by atoms with Crippen molar-refractivity contribution in [1.82, 2.24) is 9.88 Å². The van der Waals surface area contributed by atoms with E-state index in [1.54, 1.807) is 11.3 Å². The van der Waals surface area contributed by atoms with Gasteiger partial charge in [0.2, 0.25) is 5.89 Å². The molecule has 0 bridgehead atoms. The SMILES string of the molecule is Cc1oc(-c2cccs2)nc1CN1CCCC(C(C)N)C1. The van der Waals surface area contributed by atoms with Crippen molar-refractivity contribution in [3.05, 3.63) is 29.0 Å². The van der Waals surface area contributed by atoms with Crippen LogP contribution in [0.2, 0.25) is 0 Å². The van der Waals surface area contributed by atoms with Crippen LogP contribution in [0.4, 0.5) is 0 Å². The number of oxazole rings is 1. The van der Waals surface area contributed by atoms with Crippen molar-refractivity contribution in [1.29, 1.82) is 0 Å². The van der Waals surface area contributed by atoms with Crippen LogP contribution in [-0.2, 0) is 6.54 Å². The summed E-state index contributed by atoms with van der Waals surface area (Å²) in [6, 6.07) is 4.34. The van der Waals surface area contributed by atoms with Crippen LogP contribution in [0, 0.1) is 12.8 Å². The van der Waals surface area contributed by atoms with Crippen LogP contribution < -0.4 is 5.73 Å². The molecule has 0 amide bonds. The number of nitrogens with zero attached hydrogens (tertiary/aromatic N) is 2. The Morgan fingerprint density at radius 3 is 3.14 bits per heavy atom. The molecule has 0 saturated carbocycles. The Balaban J connectivity index is 1.70. The normalized spacial score (nSPS) is 21.6. The summed E-state index contributed by atoms with van der Waals surface area (Å²) in [5.74, 6) is 2.28. The Labute approximate surface area is 130 Å². The predicted molar refractivity (Wildman–Crippen MR) is 86.2 cm³/mol. The minimum atomic E-state index is 0.271. The lowest BCUT2D eigenvalue weighted by molar-refractivity contribution is 0.152. The molecule has 1 saturated heterocycles. The third kappa shape index (κ3) is 3.36. The van der Waals surface area contributed by atoms with Gasteiger partial charge in [-0.2, -0.15) is 0 Å². The van der Waals surface area contributed by atoms with Gasteiger partial charge in [0.1, 0.15) is 5.76 Å². The van der Waals surface area contributed by atoms with Gasteiger partial charge in [0.25, 0.3) is 0 Å². The van der Waals surface area contributed by atoms with Crippen LogP contribution in [0.25, 0.3) is 10.8 Å². The van der Waals surface area contributed by atoms with Crippen LogP contribution in [-0.4, -0.2) is 29.0 Å². The first-order chi connectivity index (χ1) is 10.1. The Hall–Kier alpha value is -1.17. The van der Waals surface area contributed by atoms with Gasteiger partial charge in [0.15, 0.2) is 0 Å². The van der Waals surface area contributed by atoms with E-state index in [2.05, 4.69) is 16.8 Å². The molecule has 1 fully saturated rings. The first-order valence-electron chi connectivity index (χ1n) is 7.61. The molecule has 3 rings (SSSR count). The molecule has 1 aliphatic heterocycles. The third-order valence-electron chi connectivity index (χ3n) is 4.28. The Morgan fingerprint density at radius 1 is 1.57 bits per heavy atom. The summed E-state index contributed by atoms with van der Waals surface area (Å²) in [6.45, 7) is 7.18. The monoisotopic (exact) mass is 305 g/mol. The van der Waals surface area contributed by atoms with Gasteiger partial charge in [-0.05, 0) is 50.6 Å². The summed E-state index contributed by atoms with van der Waals surface area (Å²) in [4.78, 5) is 8.24. The average molecular weight is 305 g/mol. The number of nitrogens with two attached hydrogens (primary N) is 1. The summed E-state index contributed by atoms with van der Waals surface area (Å²) in [6.07, 6.45) is 2.47. The van der Waals surface area contributed by atoms with Crippen molar-refractivity contribution in [2.75, 3.05) is 13.1 Å². The molecule has 0 radical (unpaired) electrons. The second kappa shape index (κ2) is 6.30. The molecule has 1 aliphatic rings. The second-order valence-electron chi connectivity index (χ2n) is 6.00. The first-order valence-corrected chi connectivity index (χ1v) is 8.49. The fraction of sp³-hybridized carbons (Fsp3) is 0.562. The van der Waals surface area contributed by atoms with E-state index in [0.717, 1.165) is 41.9 Å². The molecule has 2 aromatic heterocycles. The number of likely N-dealkylation sites (tertiary alicyclic amines) is 1. The van der Waals surface area contributed by atoms with E-state index >= 15 is 0 Å². The molecule has 21 heavy (non-hydrogen) atoms. The van der Waals surface area contributed by atoms with Crippen molar-refractivity contribution in [2.24, 2.45) is 11.7 Å². The lowest BCUT2D eigenvalue weighted by Gasteiger charge is -2.34. The van der Waals surface area contributed by atoms with E-state index in [1.165, 1.54) is 12.8 Å². The highest BCUT2D eigenvalue weighted by molar-refractivity contribution is 7.13. The van der Waals surface area contributed by atoms with Crippen LogP contribution in [0.1, 0.15) is 31.2 Å². The zero-order valence-corrected chi connectivity index (χ0v) is 13.5. The minimum Gasteiger partial charge on any atom is -0.440 e. The van der Waals surface area contributed by atoms with Gasteiger partial charge < -0.3 is 10.2 Å². The number of rotatable bonds is 4. The lowest BCUT2D eigenvalue weighted by Crippen LogP contribution is -2.42. The highest BCUT2D eigenvalue weighted by Gasteiger charge is 2.24. The van der Waals surface area contributed by atoms with Crippen molar-refractivity contribution in [3.63, 3.8) is 0 Å².